The fourth-order valence-electron chi connectivity index (χ4n) is 3.58. The van der Waals surface area contributed by atoms with Crippen LogP contribution in [0.3, 0.4) is 0 Å². The van der Waals surface area contributed by atoms with Crippen LogP contribution in [0.1, 0.15) is 17.3 Å². The molecule has 0 unspecified atom stereocenters. The minimum atomic E-state index is -4.20. The van der Waals surface area contributed by atoms with Gasteiger partial charge in [0.2, 0.25) is 5.91 Å². The fraction of sp³-hybridized carbons (Fsp3) is 0.0690. The molecular weight excluding hydrogens is 532 g/mol. The molecule has 3 amide bonds. The molecule has 0 saturated carbocycles. The molecule has 0 heterocycles. The Morgan fingerprint density at radius 2 is 1.25 bits per heavy atom. The summed E-state index contributed by atoms with van der Waals surface area (Å²) in [5, 5.41) is 3.54. The predicted octanol–water partition coefficient (Wildman–Crippen LogP) is 3.69. The Kier molecular flexibility index (Phi) is 8.77. The highest BCUT2D eigenvalue weighted by Gasteiger charge is 2.28. The molecule has 0 aliphatic rings. The average Bonchev–Trinajstić information content (AvgIpc) is 2.98. The van der Waals surface area contributed by atoms with Crippen molar-refractivity contribution >= 4 is 39.1 Å². The van der Waals surface area contributed by atoms with Crippen LogP contribution in [-0.2, 0) is 19.6 Å². The third-order valence-electron chi connectivity index (χ3n) is 5.46. The van der Waals surface area contributed by atoms with Crippen molar-refractivity contribution in [1.82, 2.24) is 10.7 Å². The lowest BCUT2D eigenvalue weighted by atomic mass is 10.2. The second kappa shape index (κ2) is 12.6. The van der Waals surface area contributed by atoms with Gasteiger partial charge < -0.3 is 10.2 Å². The van der Waals surface area contributed by atoms with Gasteiger partial charge in [0.15, 0.2) is 5.75 Å². The number of sulfonamides is 1. The minimum absolute atomic E-state index is 0.110. The van der Waals surface area contributed by atoms with E-state index < -0.39 is 34.3 Å². The van der Waals surface area contributed by atoms with Gasteiger partial charge in [0.25, 0.3) is 21.8 Å². The first-order valence-electron chi connectivity index (χ1n) is 12.1. The van der Waals surface area contributed by atoms with E-state index in [0.717, 1.165) is 9.48 Å². The van der Waals surface area contributed by atoms with Gasteiger partial charge in [0.1, 0.15) is 0 Å². The van der Waals surface area contributed by atoms with Crippen LogP contribution in [0.2, 0.25) is 0 Å². The molecule has 0 spiro atoms. The Morgan fingerprint density at radius 3 is 1.80 bits per heavy atom. The lowest BCUT2D eigenvalue weighted by molar-refractivity contribution is -0.124. The SMILES string of the molecule is CC(=O)NN(C(=O)CNC(=O)c1ccc(S(=O)(=O)N(Oc2ccccc2)c2ccccc2)cc1)c1ccccc1. The maximum atomic E-state index is 13.5. The minimum Gasteiger partial charge on any atom is -0.364 e. The van der Waals surface area contributed by atoms with E-state index >= 15 is 0 Å². The third kappa shape index (κ3) is 6.83. The summed E-state index contributed by atoms with van der Waals surface area (Å²) >= 11 is 0. The van der Waals surface area contributed by atoms with Gasteiger partial charge in [0.05, 0.1) is 22.8 Å². The highest BCUT2D eigenvalue weighted by atomic mass is 32.2. The Bertz CT molecular complexity index is 1570. The highest BCUT2D eigenvalue weighted by molar-refractivity contribution is 7.92. The molecule has 0 saturated heterocycles. The number of carbonyl (C=O) groups excluding carboxylic acids is 3. The third-order valence-corrected chi connectivity index (χ3v) is 7.05. The Hall–Kier alpha value is -5.16. The van der Waals surface area contributed by atoms with Crippen molar-refractivity contribution in [2.75, 3.05) is 16.0 Å². The number of hydrazine groups is 1. The number of anilines is 2. The monoisotopic (exact) mass is 558 g/mol. The molecule has 4 rings (SSSR count). The molecule has 0 radical (unpaired) electrons. The highest BCUT2D eigenvalue weighted by Crippen LogP contribution is 2.26. The Balaban J connectivity index is 1.49. The standard InChI is InChI=1S/C29H26N4O6S/c1-22(34)31-32(24-11-5-2-6-12-24)28(35)21-30-29(36)23-17-19-27(20-18-23)40(37,38)33(25-13-7-3-8-14-25)39-26-15-9-4-10-16-26/h2-20H,21H2,1H3,(H,30,36)(H,31,34). The summed E-state index contributed by atoms with van der Waals surface area (Å²) in [6.45, 7) is 0.849. The lowest BCUT2D eigenvalue weighted by Crippen LogP contribution is -2.49. The number of hydrogen-bond acceptors (Lipinski definition) is 6. The summed E-state index contributed by atoms with van der Waals surface area (Å²) in [4.78, 5) is 42.7. The smallest absolute Gasteiger partial charge is 0.295 e. The van der Waals surface area contributed by atoms with Crippen molar-refractivity contribution in [2.24, 2.45) is 0 Å². The first kappa shape index (κ1) is 27.9. The van der Waals surface area contributed by atoms with Crippen LogP contribution < -0.4 is 25.1 Å². The van der Waals surface area contributed by atoms with Crippen molar-refractivity contribution in [3.05, 3.63) is 121 Å². The van der Waals surface area contributed by atoms with Crippen LogP contribution in [-0.4, -0.2) is 32.7 Å². The molecule has 10 nitrogen and oxygen atoms in total. The zero-order valence-electron chi connectivity index (χ0n) is 21.4. The van der Waals surface area contributed by atoms with Crippen LogP contribution in [0.5, 0.6) is 5.75 Å². The van der Waals surface area contributed by atoms with Crippen molar-refractivity contribution in [1.29, 1.82) is 0 Å². The van der Waals surface area contributed by atoms with E-state index in [1.807, 2.05) is 0 Å². The number of benzene rings is 4. The zero-order valence-corrected chi connectivity index (χ0v) is 22.2. The van der Waals surface area contributed by atoms with Crippen LogP contribution in [0, 0.1) is 0 Å². The quantitative estimate of drug-likeness (QED) is 0.302. The van der Waals surface area contributed by atoms with Crippen LogP contribution in [0.15, 0.2) is 120 Å². The van der Waals surface area contributed by atoms with E-state index in [-0.39, 0.29) is 16.1 Å². The molecule has 204 valence electrons. The molecule has 0 aliphatic heterocycles. The van der Waals surface area contributed by atoms with E-state index in [0.29, 0.717) is 11.4 Å². The van der Waals surface area contributed by atoms with E-state index in [4.69, 9.17) is 4.84 Å². The molecule has 0 aliphatic carbocycles. The number of para-hydroxylation sites is 3. The van der Waals surface area contributed by atoms with E-state index in [9.17, 15) is 22.8 Å². The van der Waals surface area contributed by atoms with Crippen molar-refractivity contribution < 1.29 is 27.6 Å². The molecule has 0 atom stereocenters. The number of amides is 3. The van der Waals surface area contributed by atoms with Gasteiger partial charge >= 0.3 is 0 Å². The van der Waals surface area contributed by atoms with E-state index in [1.54, 1.807) is 91.0 Å². The zero-order chi connectivity index (χ0) is 28.5. The Morgan fingerprint density at radius 1 is 0.725 bits per heavy atom. The van der Waals surface area contributed by atoms with Gasteiger partial charge in [0, 0.05) is 12.5 Å². The summed E-state index contributed by atoms with van der Waals surface area (Å²) in [7, 11) is -4.20. The second-order valence-corrected chi connectivity index (χ2v) is 10.2. The van der Waals surface area contributed by atoms with Gasteiger partial charge in [-0.1, -0.05) is 59.1 Å². The summed E-state index contributed by atoms with van der Waals surface area (Å²) in [6, 6.07) is 30.5. The molecule has 4 aromatic carbocycles. The molecule has 0 bridgehead atoms. The molecular formula is C29H26N4O6S. The van der Waals surface area contributed by atoms with Crippen LogP contribution in [0.4, 0.5) is 11.4 Å². The van der Waals surface area contributed by atoms with Crippen molar-refractivity contribution in [3.63, 3.8) is 0 Å². The van der Waals surface area contributed by atoms with Crippen molar-refractivity contribution in [3.8, 4) is 5.75 Å². The lowest BCUT2D eigenvalue weighted by Gasteiger charge is -2.24. The molecule has 0 aromatic heterocycles. The molecule has 2 N–H and O–H groups in total. The largest absolute Gasteiger partial charge is 0.364 e. The van der Waals surface area contributed by atoms with Gasteiger partial charge in [-0.05, 0) is 60.7 Å². The number of nitrogens with zero attached hydrogens (tertiary/aromatic N) is 2. The number of nitrogens with one attached hydrogen (secondary N) is 2. The Labute approximate surface area is 231 Å². The van der Waals surface area contributed by atoms with Gasteiger partial charge in [-0.25, -0.2) is 5.01 Å². The molecule has 11 heteroatoms. The van der Waals surface area contributed by atoms with E-state index in [1.165, 1.54) is 31.2 Å². The molecule has 0 fully saturated rings. The maximum Gasteiger partial charge on any atom is 0.295 e. The topological polar surface area (TPSA) is 125 Å². The summed E-state index contributed by atoms with van der Waals surface area (Å²) in [5.41, 5.74) is 3.28. The number of hydrogen-bond donors (Lipinski definition) is 2. The summed E-state index contributed by atoms with van der Waals surface area (Å²) < 4.78 is 27.9. The number of carbonyl (C=O) groups is 3. The fourth-order valence-corrected chi connectivity index (χ4v) is 4.84. The number of rotatable bonds is 9. The van der Waals surface area contributed by atoms with Gasteiger partial charge in [-0.2, -0.15) is 8.42 Å². The summed E-state index contributed by atoms with van der Waals surface area (Å²) in [6.07, 6.45) is 0. The van der Waals surface area contributed by atoms with Gasteiger partial charge in [-0.3, -0.25) is 19.8 Å². The predicted molar refractivity (Wildman–Crippen MR) is 150 cm³/mol. The normalized spacial score (nSPS) is 10.7. The second-order valence-electron chi connectivity index (χ2n) is 8.41. The molecule has 40 heavy (non-hydrogen) atoms. The maximum absolute atomic E-state index is 13.5. The van der Waals surface area contributed by atoms with E-state index in [2.05, 4.69) is 10.7 Å². The first-order valence-corrected chi connectivity index (χ1v) is 13.6. The van der Waals surface area contributed by atoms with Crippen molar-refractivity contribution in [2.45, 2.75) is 11.8 Å². The average molecular weight is 559 g/mol. The first-order chi connectivity index (χ1) is 19.3. The summed E-state index contributed by atoms with van der Waals surface area (Å²) in [5.74, 6) is -1.32. The molecule has 4 aromatic rings. The van der Waals surface area contributed by atoms with Crippen LogP contribution >= 0.6 is 0 Å². The van der Waals surface area contributed by atoms with Gasteiger partial charge in [-0.15, -0.1) is 0 Å². The van der Waals surface area contributed by atoms with Crippen LogP contribution in [0.25, 0.3) is 0 Å².